The highest BCUT2D eigenvalue weighted by atomic mass is 35.5. The number of rotatable bonds is 9. The average molecular weight is 458 g/mol. The maximum absolute atomic E-state index is 11.2. The van der Waals surface area contributed by atoms with Gasteiger partial charge in [-0.15, -0.1) is 11.3 Å². The van der Waals surface area contributed by atoms with E-state index in [1.54, 1.807) is 14.0 Å². The summed E-state index contributed by atoms with van der Waals surface area (Å²) >= 11 is 8.12. The van der Waals surface area contributed by atoms with Crippen molar-refractivity contribution in [3.8, 4) is 5.75 Å². The summed E-state index contributed by atoms with van der Waals surface area (Å²) < 4.78 is 5.26. The molecule has 3 aromatic rings. The molecule has 0 spiro atoms. The predicted octanol–water partition coefficient (Wildman–Crippen LogP) is 6.15. The van der Waals surface area contributed by atoms with Crippen LogP contribution in [0.15, 0.2) is 18.2 Å². The molecule has 0 unspecified atom stereocenters. The van der Waals surface area contributed by atoms with Crippen LogP contribution in [-0.2, 0) is 30.6 Å². The van der Waals surface area contributed by atoms with Crippen molar-refractivity contribution in [2.45, 2.75) is 64.8 Å². The van der Waals surface area contributed by atoms with Gasteiger partial charge in [0.1, 0.15) is 28.0 Å². The molecule has 0 atom stereocenters. The fraction of sp³-hybridized carbons (Fsp3) is 0.458. The summed E-state index contributed by atoms with van der Waals surface area (Å²) in [6, 6.07) is 5.83. The number of fused-ring (bicyclic) bond motifs is 3. The van der Waals surface area contributed by atoms with E-state index in [2.05, 4.69) is 5.32 Å². The third-order valence-corrected chi connectivity index (χ3v) is 7.20. The van der Waals surface area contributed by atoms with Gasteiger partial charge in [-0.1, -0.05) is 17.7 Å². The Bertz CT molecular complexity index is 1100. The number of carbonyl (C=O) groups excluding carboxylic acids is 1. The number of hydrogen-bond donors (Lipinski definition) is 1. The summed E-state index contributed by atoms with van der Waals surface area (Å²) in [5, 5.41) is 5.35. The van der Waals surface area contributed by atoms with Crippen molar-refractivity contribution in [2.24, 2.45) is 0 Å². The maximum Gasteiger partial charge on any atom is 0.139 e. The van der Waals surface area contributed by atoms with E-state index in [-0.39, 0.29) is 5.78 Å². The van der Waals surface area contributed by atoms with Gasteiger partial charge in [0, 0.05) is 24.3 Å². The Balaban J connectivity index is 1.60. The molecular weight excluding hydrogens is 430 g/mol. The molecule has 7 heteroatoms. The molecule has 1 N–H and O–H groups in total. The summed E-state index contributed by atoms with van der Waals surface area (Å²) in [6.07, 6.45) is 7.91. The lowest BCUT2D eigenvalue weighted by molar-refractivity contribution is -0.117. The van der Waals surface area contributed by atoms with Crippen LogP contribution in [-0.4, -0.2) is 22.9 Å². The van der Waals surface area contributed by atoms with Crippen LogP contribution in [0.3, 0.4) is 0 Å². The van der Waals surface area contributed by atoms with E-state index < -0.39 is 0 Å². The molecule has 1 aliphatic rings. The lowest BCUT2D eigenvalue weighted by atomic mass is 9.97. The second-order valence-corrected chi connectivity index (χ2v) is 9.60. The van der Waals surface area contributed by atoms with E-state index in [9.17, 15) is 4.79 Å². The average Bonchev–Trinajstić information content (AvgIpc) is 3.13. The van der Waals surface area contributed by atoms with Crippen LogP contribution in [0.4, 0.5) is 5.82 Å². The second-order valence-electron chi connectivity index (χ2n) is 8.11. The van der Waals surface area contributed by atoms with Gasteiger partial charge in [-0.25, -0.2) is 9.97 Å². The van der Waals surface area contributed by atoms with Crippen molar-refractivity contribution in [1.82, 2.24) is 9.97 Å². The first-order valence-corrected chi connectivity index (χ1v) is 12.1. The third-order valence-electron chi connectivity index (χ3n) is 5.72. The molecule has 0 bridgehead atoms. The van der Waals surface area contributed by atoms with Crippen LogP contribution >= 0.6 is 22.9 Å². The number of aryl methyl sites for hydroxylation is 3. The first kappa shape index (κ1) is 22.0. The topological polar surface area (TPSA) is 64.1 Å². The molecule has 1 aliphatic carbocycles. The number of nitrogens with one attached hydrogen (secondary N) is 1. The third kappa shape index (κ3) is 5.18. The van der Waals surface area contributed by atoms with Crippen LogP contribution in [0.5, 0.6) is 5.75 Å². The van der Waals surface area contributed by atoms with Crippen LogP contribution in [0, 0.1) is 0 Å². The second kappa shape index (κ2) is 9.96. The summed E-state index contributed by atoms with van der Waals surface area (Å²) in [6.45, 7) is 2.27. The zero-order valence-corrected chi connectivity index (χ0v) is 19.7. The number of thiophene rings is 1. The quantitative estimate of drug-likeness (QED) is 0.390. The molecule has 2 heterocycles. The largest absolute Gasteiger partial charge is 0.495 e. The number of halogens is 1. The normalized spacial score (nSPS) is 13.3. The highest BCUT2D eigenvalue weighted by Crippen LogP contribution is 2.39. The highest BCUT2D eigenvalue weighted by molar-refractivity contribution is 7.19. The number of nitrogens with zero attached hydrogens (tertiary/aromatic N) is 2. The van der Waals surface area contributed by atoms with E-state index >= 15 is 0 Å². The van der Waals surface area contributed by atoms with Gasteiger partial charge < -0.3 is 14.8 Å². The molecule has 0 radical (unpaired) electrons. The number of Topliss-reactive ketones (excluding diaryl/α,β-unsaturated/α-hetero) is 1. The lowest BCUT2D eigenvalue weighted by Gasteiger charge is -2.14. The minimum absolute atomic E-state index is 0.239. The van der Waals surface area contributed by atoms with E-state index in [0.717, 1.165) is 54.1 Å². The first-order chi connectivity index (χ1) is 15.0. The summed E-state index contributed by atoms with van der Waals surface area (Å²) in [5.74, 6) is 2.68. The first-order valence-electron chi connectivity index (χ1n) is 10.9. The Morgan fingerprint density at radius 2 is 2.06 bits per heavy atom. The Labute approximate surface area is 192 Å². The fourth-order valence-electron chi connectivity index (χ4n) is 4.10. The van der Waals surface area contributed by atoms with Crippen molar-refractivity contribution < 1.29 is 9.53 Å². The van der Waals surface area contributed by atoms with Crippen molar-refractivity contribution in [3.05, 3.63) is 45.1 Å². The maximum atomic E-state index is 11.2. The highest BCUT2D eigenvalue weighted by Gasteiger charge is 2.21. The Hall–Kier alpha value is -2.18. The smallest absolute Gasteiger partial charge is 0.139 e. The molecule has 1 aromatic carbocycles. The molecule has 0 amide bonds. The monoisotopic (exact) mass is 457 g/mol. The Kier molecular flexibility index (Phi) is 7.08. The van der Waals surface area contributed by atoms with Gasteiger partial charge in [-0.3, -0.25) is 0 Å². The number of carbonyl (C=O) groups is 1. The molecule has 31 heavy (non-hydrogen) atoms. The standard InChI is InChI=1S/C24H28ClN3O2S/c1-15(29)7-3-6-10-21-27-23(26-14-16-11-12-19(30-2)18(25)13-16)22-17-8-4-5-9-20(17)31-24(22)28-21/h11-13H,3-10,14H2,1-2H3,(H,26,27,28). The lowest BCUT2D eigenvalue weighted by Crippen LogP contribution is -2.07. The number of ether oxygens (including phenoxy) is 1. The van der Waals surface area contributed by atoms with Crippen LogP contribution in [0.25, 0.3) is 10.2 Å². The van der Waals surface area contributed by atoms with E-state index in [1.165, 1.54) is 28.7 Å². The van der Waals surface area contributed by atoms with Crippen molar-refractivity contribution in [2.75, 3.05) is 12.4 Å². The van der Waals surface area contributed by atoms with Gasteiger partial charge in [-0.2, -0.15) is 0 Å². The molecular formula is C24H28ClN3O2S. The van der Waals surface area contributed by atoms with Gasteiger partial charge in [0.2, 0.25) is 0 Å². The zero-order valence-electron chi connectivity index (χ0n) is 18.1. The summed E-state index contributed by atoms with van der Waals surface area (Å²) in [5.41, 5.74) is 2.49. The molecule has 0 aliphatic heterocycles. The molecule has 4 rings (SSSR count). The summed E-state index contributed by atoms with van der Waals surface area (Å²) in [4.78, 5) is 23.6. The zero-order chi connectivity index (χ0) is 21.8. The summed E-state index contributed by atoms with van der Waals surface area (Å²) in [7, 11) is 1.62. The SMILES string of the molecule is COc1ccc(CNc2nc(CCCCC(C)=O)nc3sc4c(c23)CCCC4)cc1Cl. The number of aromatic nitrogens is 2. The fourth-order valence-corrected chi connectivity index (χ4v) is 5.66. The molecule has 0 saturated heterocycles. The van der Waals surface area contributed by atoms with Crippen LogP contribution in [0.2, 0.25) is 5.02 Å². The van der Waals surface area contributed by atoms with Gasteiger partial charge in [0.15, 0.2) is 0 Å². The molecule has 5 nitrogen and oxygen atoms in total. The van der Waals surface area contributed by atoms with Crippen molar-refractivity contribution >= 4 is 44.8 Å². The number of unbranched alkanes of at least 4 members (excludes halogenated alkanes) is 1. The Morgan fingerprint density at radius 1 is 1.23 bits per heavy atom. The Morgan fingerprint density at radius 3 is 2.84 bits per heavy atom. The van der Waals surface area contributed by atoms with Crippen molar-refractivity contribution in [1.29, 1.82) is 0 Å². The van der Waals surface area contributed by atoms with E-state index in [0.29, 0.717) is 23.7 Å². The molecule has 164 valence electrons. The number of methoxy groups -OCH3 is 1. The van der Waals surface area contributed by atoms with Crippen molar-refractivity contribution in [3.63, 3.8) is 0 Å². The number of hydrogen-bond acceptors (Lipinski definition) is 6. The number of ketones is 1. The minimum atomic E-state index is 0.239. The van der Waals surface area contributed by atoms with Gasteiger partial charge in [0.25, 0.3) is 0 Å². The molecule has 0 saturated carbocycles. The number of benzene rings is 1. The van der Waals surface area contributed by atoms with E-state index in [4.69, 9.17) is 26.3 Å². The van der Waals surface area contributed by atoms with Crippen LogP contribution in [0.1, 0.15) is 60.9 Å². The predicted molar refractivity (Wildman–Crippen MR) is 128 cm³/mol. The van der Waals surface area contributed by atoms with Gasteiger partial charge in [-0.05, 0) is 68.7 Å². The molecule has 0 fully saturated rings. The van der Waals surface area contributed by atoms with Gasteiger partial charge >= 0.3 is 0 Å². The van der Waals surface area contributed by atoms with E-state index in [1.807, 2.05) is 29.5 Å². The van der Waals surface area contributed by atoms with Crippen LogP contribution < -0.4 is 10.1 Å². The minimum Gasteiger partial charge on any atom is -0.495 e. The number of anilines is 1. The molecule has 2 aromatic heterocycles. The van der Waals surface area contributed by atoms with Gasteiger partial charge in [0.05, 0.1) is 17.5 Å².